The van der Waals surface area contributed by atoms with Crippen LogP contribution in [0.1, 0.15) is 6.92 Å². The molecule has 206 valence electrons. The van der Waals surface area contributed by atoms with Crippen LogP contribution in [0.25, 0.3) is 22.9 Å². The molecule has 0 aliphatic heterocycles. The van der Waals surface area contributed by atoms with Crippen LogP contribution in [-0.2, 0) is 19.4 Å². The topological polar surface area (TPSA) is 170 Å². The van der Waals surface area contributed by atoms with Crippen molar-refractivity contribution in [1.82, 2.24) is 23.9 Å². The molecule has 2 N–H and O–H groups in total. The number of sulfone groups is 1. The normalized spacial score (nSPS) is 12.3. The maximum Gasteiger partial charge on any atom is 0.340 e. The third-order valence-corrected chi connectivity index (χ3v) is 7.56. The fraction of sp³-hybridized carbons (Fsp3) is 0.292. The number of halogens is 1. The first-order valence-corrected chi connectivity index (χ1v) is 13.8. The number of carbonyl (C=O) groups excluding carboxylic acids is 1. The van der Waals surface area contributed by atoms with Crippen molar-refractivity contribution >= 4 is 33.1 Å². The molecule has 0 aliphatic carbocycles. The molecule has 0 spiro atoms. The molecule has 1 aromatic carbocycles. The van der Waals surface area contributed by atoms with Crippen LogP contribution in [0, 0.1) is 0 Å². The number of rotatable bonds is 11. The number of nitrogens with zero attached hydrogens (tertiary/aromatic N) is 5. The van der Waals surface area contributed by atoms with Gasteiger partial charge in [-0.05, 0) is 24.3 Å². The summed E-state index contributed by atoms with van der Waals surface area (Å²) in [5.74, 6) is -0.520. The number of fused-ring (bicyclic) bond motifs is 1. The fourth-order valence-corrected chi connectivity index (χ4v) is 4.72. The van der Waals surface area contributed by atoms with Gasteiger partial charge in [0.2, 0.25) is 0 Å². The van der Waals surface area contributed by atoms with Crippen LogP contribution < -0.4 is 20.9 Å². The van der Waals surface area contributed by atoms with Crippen molar-refractivity contribution in [1.29, 1.82) is 0 Å². The Labute approximate surface area is 228 Å². The summed E-state index contributed by atoms with van der Waals surface area (Å²) in [6, 6.07) is 8.04. The van der Waals surface area contributed by atoms with Gasteiger partial charge in [-0.25, -0.2) is 32.6 Å². The van der Waals surface area contributed by atoms with Crippen LogP contribution in [0.5, 0.6) is 11.5 Å². The average molecular weight is 577 g/mol. The average Bonchev–Trinajstić information content (AvgIpc) is 3.37. The maximum atomic E-state index is 13.5. The number of esters is 1. The van der Waals surface area contributed by atoms with Gasteiger partial charge in [0.05, 0.1) is 35.8 Å². The molecule has 15 heteroatoms. The van der Waals surface area contributed by atoms with Gasteiger partial charge in [0.25, 0.3) is 0 Å². The first kappa shape index (κ1) is 28.0. The summed E-state index contributed by atoms with van der Waals surface area (Å²) >= 11 is 5.89. The Morgan fingerprint density at radius 2 is 1.87 bits per heavy atom. The monoisotopic (exact) mass is 576 g/mol. The number of hydrogen-bond acceptors (Lipinski definition) is 11. The minimum absolute atomic E-state index is 0.123. The van der Waals surface area contributed by atoms with Gasteiger partial charge < -0.3 is 19.9 Å². The van der Waals surface area contributed by atoms with E-state index in [4.69, 9.17) is 31.5 Å². The van der Waals surface area contributed by atoms with Gasteiger partial charge in [-0.2, -0.15) is 0 Å². The molecule has 0 amide bonds. The molecule has 0 aliphatic rings. The van der Waals surface area contributed by atoms with Gasteiger partial charge in [-0.15, -0.1) is 0 Å². The van der Waals surface area contributed by atoms with Gasteiger partial charge in [0.1, 0.15) is 24.7 Å². The summed E-state index contributed by atoms with van der Waals surface area (Å²) in [5, 5.41) is 0.361. The number of benzene rings is 1. The molecule has 4 rings (SSSR count). The summed E-state index contributed by atoms with van der Waals surface area (Å²) < 4.78 is 43.2. The van der Waals surface area contributed by atoms with E-state index in [1.54, 1.807) is 30.3 Å². The van der Waals surface area contributed by atoms with Gasteiger partial charge in [-0.1, -0.05) is 18.5 Å². The van der Waals surface area contributed by atoms with E-state index in [1.807, 2.05) is 0 Å². The lowest BCUT2D eigenvalue weighted by Gasteiger charge is -2.19. The molecule has 0 saturated heterocycles. The first-order chi connectivity index (χ1) is 18.7. The van der Waals surface area contributed by atoms with Gasteiger partial charge in [-0.3, -0.25) is 9.36 Å². The summed E-state index contributed by atoms with van der Waals surface area (Å²) in [6.07, 6.45) is 3.16. The molecule has 0 bridgehead atoms. The van der Waals surface area contributed by atoms with Crippen LogP contribution in [0.4, 0.5) is 0 Å². The van der Waals surface area contributed by atoms with E-state index in [9.17, 15) is 18.0 Å². The van der Waals surface area contributed by atoms with E-state index in [1.165, 1.54) is 41.7 Å². The zero-order valence-corrected chi connectivity index (χ0v) is 22.6. The Balaban J connectivity index is 1.64. The van der Waals surface area contributed by atoms with Crippen LogP contribution in [0.2, 0.25) is 5.02 Å². The highest BCUT2D eigenvalue weighted by Crippen LogP contribution is 2.29. The molecule has 0 saturated carbocycles. The third-order valence-electron chi connectivity index (χ3n) is 5.61. The molecule has 39 heavy (non-hydrogen) atoms. The van der Waals surface area contributed by atoms with Gasteiger partial charge in [0, 0.05) is 24.2 Å². The van der Waals surface area contributed by atoms with E-state index in [2.05, 4.69) is 15.0 Å². The van der Waals surface area contributed by atoms with Crippen molar-refractivity contribution in [2.45, 2.75) is 13.0 Å². The fourth-order valence-electron chi connectivity index (χ4n) is 3.66. The van der Waals surface area contributed by atoms with Crippen LogP contribution in [-0.4, -0.2) is 76.2 Å². The maximum absolute atomic E-state index is 13.5. The van der Waals surface area contributed by atoms with Crippen LogP contribution in [0.15, 0.2) is 53.8 Å². The lowest BCUT2D eigenvalue weighted by molar-refractivity contribution is -0.147. The highest BCUT2D eigenvalue weighted by atomic mass is 35.5. The summed E-state index contributed by atoms with van der Waals surface area (Å²) in [5.41, 5.74) is 6.10. The predicted molar refractivity (Wildman–Crippen MR) is 142 cm³/mol. The van der Waals surface area contributed by atoms with E-state index in [-0.39, 0.29) is 23.9 Å². The number of ether oxygens (including phenoxy) is 3. The molecular weight excluding hydrogens is 552 g/mol. The second-order valence-corrected chi connectivity index (χ2v) is 11.0. The van der Waals surface area contributed by atoms with E-state index < -0.39 is 39.9 Å². The molecule has 0 unspecified atom stereocenters. The number of methoxy groups -OCH3 is 1. The zero-order valence-electron chi connectivity index (χ0n) is 21.0. The zero-order chi connectivity index (χ0) is 28.2. The standard InChI is InChI=1S/C24H25ClN6O7S/c1-3-39(34,35)13-17(38-22(32)9-26)12-37-19-6-4-16(8-20(19)36-2)30-14-29-21-7-5-18(31(21)24(30)33)23-27-10-15(25)11-28-23/h4-8,10-11,14,17H,3,9,12-13,26H2,1-2H3/t17-/m0/s1. The molecule has 1 atom stereocenters. The highest BCUT2D eigenvalue weighted by molar-refractivity contribution is 7.91. The molecule has 13 nitrogen and oxygen atoms in total. The number of aromatic nitrogens is 5. The lowest BCUT2D eigenvalue weighted by atomic mass is 10.2. The Hall–Kier alpha value is -4.01. The van der Waals surface area contributed by atoms with Crippen LogP contribution >= 0.6 is 11.6 Å². The Morgan fingerprint density at radius 1 is 1.13 bits per heavy atom. The SMILES string of the molecule is CCS(=O)(=O)C[C@H](COc1ccc(-n2cnc3ccc(-c4ncc(Cl)cn4)n3c2=O)cc1OC)OC(=O)CN. The minimum Gasteiger partial charge on any atom is -0.493 e. The molecule has 4 aromatic rings. The van der Waals surface area contributed by atoms with Crippen LogP contribution in [0.3, 0.4) is 0 Å². The van der Waals surface area contributed by atoms with Crippen molar-refractivity contribution in [2.75, 3.05) is 31.8 Å². The summed E-state index contributed by atoms with van der Waals surface area (Å²) in [7, 11) is -2.06. The number of nitrogens with two attached hydrogens (primary N) is 1. The second kappa shape index (κ2) is 11.8. The minimum atomic E-state index is -3.47. The summed E-state index contributed by atoms with van der Waals surface area (Å²) in [6.45, 7) is 0.829. The van der Waals surface area contributed by atoms with Gasteiger partial charge >= 0.3 is 11.7 Å². The van der Waals surface area contributed by atoms with Gasteiger partial charge in [0.15, 0.2) is 27.2 Å². The number of hydrogen-bond donors (Lipinski definition) is 1. The van der Waals surface area contributed by atoms with E-state index >= 15 is 0 Å². The second-order valence-electron chi connectivity index (χ2n) is 8.20. The largest absolute Gasteiger partial charge is 0.493 e. The molecule has 0 radical (unpaired) electrons. The van der Waals surface area contributed by atoms with E-state index in [0.29, 0.717) is 27.9 Å². The summed E-state index contributed by atoms with van der Waals surface area (Å²) in [4.78, 5) is 37.9. The molecule has 3 aromatic heterocycles. The van der Waals surface area contributed by atoms with E-state index in [0.717, 1.165) is 0 Å². The molecule has 0 fully saturated rings. The van der Waals surface area contributed by atoms with Crippen molar-refractivity contribution in [3.8, 4) is 28.7 Å². The highest BCUT2D eigenvalue weighted by Gasteiger charge is 2.23. The third kappa shape index (κ3) is 6.35. The first-order valence-electron chi connectivity index (χ1n) is 11.6. The molecule has 3 heterocycles. The smallest absolute Gasteiger partial charge is 0.340 e. The van der Waals surface area contributed by atoms with Crippen molar-refractivity contribution in [2.24, 2.45) is 5.73 Å². The Morgan fingerprint density at radius 3 is 2.54 bits per heavy atom. The number of carbonyl (C=O) groups is 1. The van der Waals surface area contributed by atoms with Crippen molar-refractivity contribution in [3.05, 3.63) is 64.6 Å². The lowest BCUT2D eigenvalue weighted by Crippen LogP contribution is -2.35. The predicted octanol–water partition coefficient (Wildman–Crippen LogP) is 1.29. The molecular formula is C24H25ClN6O7S. The van der Waals surface area contributed by atoms with Crippen molar-refractivity contribution < 1.29 is 27.4 Å². The Bertz CT molecular complexity index is 1650. The Kier molecular flexibility index (Phi) is 8.47. The quantitative estimate of drug-likeness (QED) is 0.255. The van der Waals surface area contributed by atoms with Crippen molar-refractivity contribution in [3.63, 3.8) is 0 Å².